The maximum absolute atomic E-state index is 11.1. The lowest BCUT2D eigenvalue weighted by molar-refractivity contribution is 0.139. The highest BCUT2D eigenvalue weighted by Crippen LogP contribution is 2.02. The maximum Gasteiger partial charge on any atom is 0.409 e. The second-order valence-electron chi connectivity index (χ2n) is 3.39. The van der Waals surface area contributed by atoms with Crippen LogP contribution in [0.15, 0.2) is 0 Å². The number of hydrogen-bond donors (Lipinski definition) is 2. The van der Waals surface area contributed by atoms with Crippen molar-refractivity contribution >= 4 is 6.09 Å². The highest BCUT2D eigenvalue weighted by atomic mass is 16.6. The largest absolute Gasteiger partial charge is 0.448 e. The van der Waals surface area contributed by atoms with Gasteiger partial charge in [-0.25, -0.2) is 4.79 Å². The minimum atomic E-state index is -0.275. The Balaban J connectivity index is 2.22. The standard InChI is InChI=1S/C9H18N2O4/c12-6-3-10(4-7-13)1-2-11-5-8-15-9(11)14/h12-13H,1-8H2. The molecule has 0 bridgehead atoms. The van der Waals surface area contributed by atoms with Gasteiger partial charge >= 0.3 is 6.09 Å². The minimum Gasteiger partial charge on any atom is -0.448 e. The highest BCUT2D eigenvalue weighted by Gasteiger charge is 2.21. The van der Waals surface area contributed by atoms with Gasteiger partial charge in [-0.1, -0.05) is 0 Å². The van der Waals surface area contributed by atoms with E-state index >= 15 is 0 Å². The normalized spacial score (nSPS) is 16.2. The molecule has 0 unspecified atom stereocenters. The van der Waals surface area contributed by atoms with Crippen molar-refractivity contribution in [3.8, 4) is 0 Å². The second kappa shape index (κ2) is 6.60. The van der Waals surface area contributed by atoms with Gasteiger partial charge in [0.15, 0.2) is 0 Å². The predicted molar refractivity (Wildman–Crippen MR) is 53.5 cm³/mol. The number of carbonyl (C=O) groups is 1. The van der Waals surface area contributed by atoms with Crippen molar-refractivity contribution in [2.75, 3.05) is 52.5 Å². The van der Waals surface area contributed by atoms with Gasteiger partial charge in [0.25, 0.3) is 0 Å². The average molecular weight is 218 g/mol. The van der Waals surface area contributed by atoms with E-state index in [0.717, 1.165) is 0 Å². The fraction of sp³-hybridized carbons (Fsp3) is 0.889. The molecule has 1 fully saturated rings. The molecule has 15 heavy (non-hydrogen) atoms. The van der Waals surface area contributed by atoms with Crippen LogP contribution >= 0.6 is 0 Å². The Morgan fingerprint density at radius 3 is 2.40 bits per heavy atom. The topological polar surface area (TPSA) is 73.2 Å². The van der Waals surface area contributed by atoms with E-state index in [2.05, 4.69) is 0 Å². The summed E-state index contributed by atoms with van der Waals surface area (Å²) in [7, 11) is 0. The van der Waals surface area contributed by atoms with Gasteiger partial charge in [-0.3, -0.25) is 4.90 Å². The highest BCUT2D eigenvalue weighted by molar-refractivity contribution is 5.69. The molecule has 6 nitrogen and oxygen atoms in total. The number of cyclic esters (lactones) is 1. The second-order valence-corrected chi connectivity index (χ2v) is 3.39. The molecule has 0 radical (unpaired) electrons. The molecule has 1 aliphatic heterocycles. The number of carbonyl (C=O) groups excluding carboxylic acids is 1. The van der Waals surface area contributed by atoms with Crippen LogP contribution in [0.4, 0.5) is 4.79 Å². The van der Waals surface area contributed by atoms with Crippen LogP contribution in [-0.4, -0.2) is 78.7 Å². The Hall–Kier alpha value is -0.850. The van der Waals surface area contributed by atoms with E-state index in [1.165, 1.54) is 0 Å². The summed E-state index contributed by atoms with van der Waals surface area (Å²) in [4.78, 5) is 14.6. The van der Waals surface area contributed by atoms with Crippen molar-refractivity contribution < 1.29 is 19.7 Å². The van der Waals surface area contributed by atoms with Crippen LogP contribution in [0.1, 0.15) is 0 Å². The summed E-state index contributed by atoms with van der Waals surface area (Å²) in [5.41, 5.74) is 0. The number of hydrogen-bond acceptors (Lipinski definition) is 5. The summed E-state index contributed by atoms with van der Waals surface area (Å²) in [5.74, 6) is 0. The van der Waals surface area contributed by atoms with Crippen LogP contribution in [0.5, 0.6) is 0 Å². The van der Waals surface area contributed by atoms with E-state index < -0.39 is 0 Å². The van der Waals surface area contributed by atoms with Crippen molar-refractivity contribution in [3.05, 3.63) is 0 Å². The summed E-state index contributed by atoms with van der Waals surface area (Å²) in [6.07, 6.45) is -0.275. The molecule has 2 N–H and O–H groups in total. The van der Waals surface area contributed by atoms with Crippen molar-refractivity contribution in [2.24, 2.45) is 0 Å². The van der Waals surface area contributed by atoms with Gasteiger partial charge in [-0.05, 0) is 0 Å². The molecule has 1 aliphatic rings. The molecule has 1 rings (SSSR count). The van der Waals surface area contributed by atoms with Crippen LogP contribution in [0.2, 0.25) is 0 Å². The zero-order valence-electron chi connectivity index (χ0n) is 8.76. The Bertz CT molecular complexity index is 195. The van der Waals surface area contributed by atoms with Crippen molar-refractivity contribution in [1.29, 1.82) is 0 Å². The first-order chi connectivity index (χ1) is 7.27. The summed E-state index contributed by atoms with van der Waals surface area (Å²) >= 11 is 0. The van der Waals surface area contributed by atoms with Crippen molar-refractivity contribution in [2.45, 2.75) is 0 Å². The SMILES string of the molecule is O=C1OCCN1CCN(CCO)CCO. The molecule has 0 aromatic carbocycles. The van der Waals surface area contributed by atoms with E-state index in [0.29, 0.717) is 39.3 Å². The minimum absolute atomic E-state index is 0.0600. The molecule has 0 aliphatic carbocycles. The number of aliphatic hydroxyl groups is 2. The van der Waals surface area contributed by atoms with E-state index in [1.54, 1.807) is 4.90 Å². The van der Waals surface area contributed by atoms with Crippen molar-refractivity contribution in [3.63, 3.8) is 0 Å². The Morgan fingerprint density at radius 1 is 1.27 bits per heavy atom. The van der Waals surface area contributed by atoms with E-state index in [9.17, 15) is 4.79 Å². The first kappa shape index (κ1) is 12.2. The lowest BCUT2D eigenvalue weighted by Crippen LogP contribution is -2.38. The summed E-state index contributed by atoms with van der Waals surface area (Å²) in [6, 6.07) is 0. The molecule has 0 aromatic rings. The first-order valence-electron chi connectivity index (χ1n) is 5.13. The number of amides is 1. The molecule has 0 saturated carbocycles. The molecule has 6 heteroatoms. The molecule has 1 amide bonds. The molecule has 88 valence electrons. The fourth-order valence-electron chi connectivity index (χ4n) is 1.51. The van der Waals surface area contributed by atoms with Crippen molar-refractivity contribution in [1.82, 2.24) is 9.80 Å². The number of rotatable bonds is 7. The molecule has 1 saturated heterocycles. The maximum atomic E-state index is 11.1. The van der Waals surface area contributed by atoms with Crippen LogP contribution in [-0.2, 0) is 4.74 Å². The Morgan fingerprint density at radius 2 is 1.93 bits per heavy atom. The van der Waals surface area contributed by atoms with Crippen LogP contribution in [0, 0.1) is 0 Å². The van der Waals surface area contributed by atoms with Crippen LogP contribution in [0.25, 0.3) is 0 Å². The van der Waals surface area contributed by atoms with E-state index in [-0.39, 0.29) is 19.3 Å². The van der Waals surface area contributed by atoms with Gasteiger partial charge < -0.3 is 19.8 Å². The number of nitrogens with zero attached hydrogens (tertiary/aromatic N) is 2. The fourth-order valence-corrected chi connectivity index (χ4v) is 1.51. The summed E-state index contributed by atoms with van der Waals surface area (Å²) in [5, 5.41) is 17.6. The molecule has 0 aromatic heterocycles. The molecular weight excluding hydrogens is 200 g/mol. The first-order valence-corrected chi connectivity index (χ1v) is 5.13. The lowest BCUT2D eigenvalue weighted by atomic mass is 10.4. The summed E-state index contributed by atoms with van der Waals surface area (Å²) in [6.45, 7) is 3.47. The molecule has 0 spiro atoms. The third-order valence-electron chi connectivity index (χ3n) is 2.36. The van der Waals surface area contributed by atoms with Crippen LogP contribution in [0.3, 0.4) is 0 Å². The van der Waals surface area contributed by atoms with Gasteiger partial charge in [0.05, 0.1) is 19.8 Å². The molecule has 0 atom stereocenters. The molecular formula is C9H18N2O4. The third-order valence-corrected chi connectivity index (χ3v) is 2.36. The average Bonchev–Trinajstić information content (AvgIpc) is 2.61. The summed E-state index contributed by atoms with van der Waals surface area (Å²) < 4.78 is 4.79. The third kappa shape index (κ3) is 4.03. The Labute approximate surface area is 89.0 Å². The smallest absolute Gasteiger partial charge is 0.409 e. The van der Waals surface area contributed by atoms with Gasteiger partial charge in [0, 0.05) is 26.2 Å². The number of aliphatic hydroxyl groups excluding tert-OH is 2. The lowest BCUT2D eigenvalue weighted by Gasteiger charge is -2.22. The molecule has 1 heterocycles. The van der Waals surface area contributed by atoms with Gasteiger partial charge in [0.1, 0.15) is 6.61 Å². The van der Waals surface area contributed by atoms with Gasteiger partial charge in [-0.15, -0.1) is 0 Å². The number of ether oxygens (including phenoxy) is 1. The van der Waals surface area contributed by atoms with Gasteiger partial charge in [0.2, 0.25) is 0 Å². The van der Waals surface area contributed by atoms with E-state index in [4.69, 9.17) is 14.9 Å². The zero-order valence-corrected chi connectivity index (χ0v) is 8.76. The van der Waals surface area contributed by atoms with Crippen LogP contribution < -0.4 is 0 Å². The monoisotopic (exact) mass is 218 g/mol. The van der Waals surface area contributed by atoms with Gasteiger partial charge in [-0.2, -0.15) is 0 Å². The Kier molecular flexibility index (Phi) is 5.38. The van der Waals surface area contributed by atoms with E-state index in [1.807, 2.05) is 4.90 Å². The quantitative estimate of drug-likeness (QED) is 0.557. The predicted octanol–water partition coefficient (Wildman–Crippen LogP) is -1.27. The zero-order chi connectivity index (χ0) is 11.1.